The monoisotopic (exact) mass is 471 g/mol. The van der Waals surface area contributed by atoms with Crippen LogP contribution in [-0.2, 0) is 15.5 Å². The van der Waals surface area contributed by atoms with Gasteiger partial charge in [-0.3, -0.25) is 9.59 Å². The van der Waals surface area contributed by atoms with Gasteiger partial charge in [-0.1, -0.05) is 18.2 Å². The van der Waals surface area contributed by atoms with Crippen LogP contribution in [0.2, 0.25) is 0 Å². The van der Waals surface area contributed by atoms with Gasteiger partial charge in [-0.2, -0.15) is 13.9 Å². The molecule has 0 aromatic heterocycles. The van der Waals surface area contributed by atoms with Gasteiger partial charge in [0.2, 0.25) is 5.91 Å². The number of nitrogens with zero attached hydrogens (tertiary/aromatic N) is 3. The van der Waals surface area contributed by atoms with Crippen molar-refractivity contribution in [2.75, 3.05) is 11.4 Å². The quantitative estimate of drug-likeness (QED) is 0.603. The molecule has 6 rings (SSSR count). The lowest BCUT2D eigenvalue weighted by atomic mass is 9.42. The van der Waals surface area contributed by atoms with Gasteiger partial charge < -0.3 is 4.90 Å². The molecule has 2 aliphatic heterocycles. The number of benzene rings is 2. The minimum atomic E-state index is -3.55. The minimum Gasteiger partial charge on any atom is -0.306 e. The summed E-state index contributed by atoms with van der Waals surface area (Å²) in [6, 6.07) is 8.51. The molecule has 0 N–H and O–H groups in total. The summed E-state index contributed by atoms with van der Waals surface area (Å²) in [5.41, 5.74) is -0.390. The fraction of sp³-hybridized carbons (Fsp3) is 0.400. The third kappa shape index (κ3) is 2.82. The van der Waals surface area contributed by atoms with Crippen LogP contribution >= 0.6 is 0 Å². The molecule has 176 valence electrons. The van der Waals surface area contributed by atoms with Gasteiger partial charge in [-0.25, -0.2) is 13.8 Å². The number of hydrogen-bond acceptors (Lipinski definition) is 3. The lowest BCUT2D eigenvalue weighted by Crippen LogP contribution is -2.65. The first-order valence-electron chi connectivity index (χ1n) is 11.3. The molecule has 2 aliphatic carbocycles. The van der Waals surface area contributed by atoms with Gasteiger partial charge in [0.1, 0.15) is 11.6 Å². The number of hydrazone groups is 1. The molecule has 4 unspecified atom stereocenters. The second kappa shape index (κ2) is 7.13. The molecule has 2 heterocycles. The van der Waals surface area contributed by atoms with E-state index in [1.165, 1.54) is 35.3 Å². The maximum Gasteiger partial charge on any atom is 0.352 e. The number of alkyl halides is 2. The number of para-hydroxylation sites is 1. The molecule has 0 radical (unpaired) electrons. The van der Waals surface area contributed by atoms with E-state index in [0.29, 0.717) is 24.8 Å². The number of halogens is 4. The van der Waals surface area contributed by atoms with Gasteiger partial charge in [-0.15, -0.1) is 0 Å². The number of anilines is 1. The molecule has 2 amide bonds. The summed E-state index contributed by atoms with van der Waals surface area (Å²) in [6.45, 7) is 0.132. The van der Waals surface area contributed by atoms with Gasteiger partial charge >= 0.3 is 11.8 Å². The Bertz CT molecular complexity index is 1230. The van der Waals surface area contributed by atoms with E-state index in [0.717, 1.165) is 17.4 Å². The number of carbonyl (C=O) groups is 2. The molecule has 2 aromatic carbocycles. The minimum absolute atomic E-state index is 0.0464. The van der Waals surface area contributed by atoms with E-state index in [2.05, 4.69) is 5.10 Å². The van der Waals surface area contributed by atoms with Crippen LogP contribution in [0.3, 0.4) is 0 Å². The predicted molar refractivity (Wildman–Crippen MR) is 115 cm³/mol. The summed E-state index contributed by atoms with van der Waals surface area (Å²) >= 11 is 0. The Morgan fingerprint density at radius 2 is 1.85 bits per heavy atom. The standard InChI is InChI=1S/C25H21F4N3O2/c26-16-9-14(10-17(27)11-16)20-6-8-30-32(20)22(33)24-7-5-18(24)15(12-24)13-31-21-4-2-1-3-19(21)25(28,29)23(31)34/h1-4,8-11,15,18,20H,5-7,12-13H2. The van der Waals surface area contributed by atoms with E-state index in [9.17, 15) is 27.2 Å². The van der Waals surface area contributed by atoms with Crippen LogP contribution in [0, 0.1) is 28.9 Å². The van der Waals surface area contributed by atoms with Crippen molar-refractivity contribution in [3.8, 4) is 0 Å². The van der Waals surface area contributed by atoms with Crippen molar-refractivity contribution in [3.05, 3.63) is 65.2 Å². The molecular formula is C25H21F4N3O2. The van der Waals surface area contributed by atoms with E-state index >= 15 is 0 Å². The largest absolute Gasteiger partial charge is 0.352 e. The highest BCUT2D eigenvalue weighted by molar-refractivity contribution is 6.05. The highest BCUT2D eigenvalue weighted by Gasteiger charge is 2.66. The molecule has 2 aromatic rings. The molecule has 5 nitrogen and oxygen atoms in total. The third-order valence-electron chi connectivity index (χ3n) is 8.00. The summed E-state index contributed by atoms with van der Waals surface area (Å²) in [5.74, 6) is -6.55. The molecule has 2 saturated carbocycles. The highest BCUT2D eigenvalue weighted by atomic mass is 19.3. The van der Waals surface area contributed by atoms with E-state index in [4.69, 9.17) is 0 Å². The third-order valence-corrected chi connectivity index (χ3v) is 8.00. The van der Waals surface area contributed by atoms with Crippen LogP contribution in [0.4, 0.5) is 23.2 Å². The highest BCUT2D eigenvalue weighted by Crippen LogP contribution is 2.66. The molecule has 0 spiro atoms. The molecule has 0 saturated heterocycles. The SMILES string of the molecule is O=C1N(CC2CC3(C(=O)N4N=CCC4c4cc(F)cc(F)c4)CCC23)c2ccccc2C1(F)F. The first-order valence-corrected chi connectivity index (χ1v) is 11.3. The van der Waals surface area contributed by atoms with Crippen LogP contribution in [0.5, 0.6) is 0 Å². The van der Waals surface area contributed by atoms with E-state index < -0.39 is 34.9 Å². The van der Waals surface area contributed by atoms with Crippen molar-refractivity contribution in [2.45, 2.75) is 37.6 Å². The Kier molecular flexibility index (Phi) is 4.47. The summed E-state index contributed by atoms with van der Waals surface area (Å²) in [7, 11) is 0. The van der Waals surface area contributed by atoms with Gasteiger partial charge in [0, 0.05) is 25.2 Å². The topological polar surface area (TPSA) is 53.0 Å². The number of rotatable bonds is 4. The van der Waals surface area contributed by atoms with Crippen LogP contribution < -0.4 is 4.90 Å². The Morgan fingerprint density at radius 1 is 1.12 bits per heavy atom. The van der Waals surface area contributed by atoms with Crippen molar-refractivity contribution < 1.29 is 27.2 Å². The predicted octanol–water partition coefficient (Wildman–Crippen LogP) is 4.78. The molecule has 2 fully saturated rings. The zero-order valence-corrected chi connectivity index (χ0v) is 18.1. The number of carbonyl (C=O) groups excluding carboxylic acids is 2. The second-order valence-electron chi connectivity index (χ2n) is 9.67. The smallest absolute Gasteiger partial charge is 0.306 e. The lowest BCUT2D eigenvalue weighted by molar-refractivity contribution is -0.185. The van der Waals surface area contributed by atoms with Crippen molar-refractivity contribution in [3.63, 3.8) is 0 Å². The number of amides is 2. The van der Waals surface area contributed by atoms with Gasteiger partial charge in [-0.05, 0) is 54.9 Å². The molecule has 0 bridgehead atoms. The van der Waals surface area contributed by atoms with Crippen LogP contribution in [0.25, 0.3) is 0 Å². The Balaban J connectivity index is 1.20. The van der Waals surface area contributed by atoms with Crippen molar-refractivity contribution in [1.29, 1.82) is 0 Å². The zero-order valence-electron chi connectivity index (χ0n) is 18.1. The van der Waals surface area contributed by atoms with Gasteiger partial charge in [0.25, 0.3) is 0 Å². The molecule has 34 heavy (non-hydrogen) atoms. The number of hydrogen-bond donors (Lipinski definition) is 0. The summed E-state index contributed by atoms with van der Waals surface area (Å²) < 4.78 is 56.5. The van der Waals surface area contributed by atoms with Crippen LogP contribution in [0.15, 0.2) is 47.6 Å². The normalized spacial score (nSPS) is 30.6. The maximum atomic E-state index is 14.5. The molecule has 9 heteroatoms. The maximum absolute atomic E-state index is 14.5. The molecule has 4 atom stereocenters. The van der Waals surface area contributed by atoms with Gasteiger partial charge in [0.05, 0.1) is 22.7 Å². The fourth-order valence-corrected chi connectivity index (χ4v) is 6.26. The first kappa shape index (κ1) is 21.3. The Hall–Kier alpha value is -3.23. The lowest BCUT2D eigenvalue weighted by Gasteiger charge is -2.63. The number of fused-ring (bicyclic) bond motifs is 2. The summed E-state index contributed by atoms with van der Waals surface area (Å²) in [6.07, 6.45) is 3.78. The average Bonchev–Trinajstić information content (AvgIpc) is 3.34. The van der Waals surface area contributed by atoms with Crippen LogP contribution in [0.1, 0.15) is 42.9 Å². The van der Waals surface area contributed by atoms with Crippen LogP contribution in [-0.4, -0.2) is 29.6 Å². The van der Waals surface area contributed by atoms with Crippen molar-refractivity contribution in [1.82, 2.24) is 5.01 Å². The van der Waals surface area contributed by atoms with E-state index in [1.54, 1.807) is 12.3 Å². The van der Waals surface area contributed by atoms with Gasteiger partial charge in [0.15, 0.2) is 0 Å². The van der Waals surface area contributed by atoms with E-state index in [-0.39, 0.29) is 35.5 Å². The average molecular weight is 471 g/mol. The Labute approximate surface area is 193 Å². The Morgan fingerprint density at radius 3 is 2.53 bits per heavy atom. The molecule has 4 aliphatic rings. The van der Waals surface area contributed by atoms with Crippen molar-refractivity contribution in [2.24, 2.45) is 22.4 Å². The first-order chi connectivity index (χ1) is 16.2. The second-order valence-corrected chi connectivity index (χ2v) is 9.67. The van der Waals surface area contributed by atoms with Crippen molar-refractivity contribution >= 4 is 23.7 Å². The summed E-state index contributed by atoms with van der Waals surface area (Å²) in [4.78, 5) is 27.2. The fourth-order valence-electron chi connectivity index (χ4n) is 6.26. The molecular weight excluding hydrogens is 450 g/mol. The van der Waals surface area contributed by atoms with E-state index in [1.807, 2.05) is 0 Å². The summed E-state index contributed by atoms with van der Waals surface area (Å²) in [5, 5.41) is 5.53. The zero-order chi connectivity index (χ0) is 23.8.